The number of amides is 2. The number of nitrogens with zero attached hydrogens (tertiary/aromatic N) is 2. The fraction of sp³-hybridized carbons (Fsp3) is 0.143. The Balaban J connectivity index is 2.03. The quantitative estimate of drug-likeness (QED) is 0.439. The molecule has 3 aromatic rings. The van der Waals surface area contributed by atoms with Gasteiger partial charge in [0.2, 0.25) is 0 Å². The molecule has 0 fully saturated rings. The summed E-state index contributed by atoms with van der Waals surface area (Å²) in [5.74, 6) is -5.38. The van der Waals surface area contributed by atoms with Crippen LogP contribution in [0.4, 0.5) is 32.0 Å². The van der Waals surface area contributed by atoms with Gasteiger partial charge in [-0.15, -0.1) is 13.2 Å². The number of alkyl halides is 6. The lowest BCUT2D eigenvalue weighted by atomic mass is 10.2. The number of hydrogen-bond donors (Lipinski definition) is 2. The van der Waals surface area contributed by atoms with Gasteiger partial charge in [-0.2, -0.15) is 13.2 Å². The van der Waals surface area contributed by atoms with Crippen molar-refractivity contribution in [2.75, 3.05) is 12.4 Å². The van der Waals surface area contributed by atoms with Gasteiger partial charge >= 0.3 is 12.5 Å². The van der Waals surface area contributed by atoms with Crippen molar-refractivity contribution >= 4 is 17.5 Å². The van der Waals surface area contributed by atoms with Crippen LogP contribution in [-0.4, -0.2) is 35.2 Å². The molecular weight excluding hydrogens is 502 g/mol. The number of nitrogens with two attached hydrogens (primary N) is 1. The van der Waals surface area contributed by atoms with Crippen molar-refractivity contribution in [3.05, 3.63) is 65.7 Å². The molecule has 0 saturated carbocycles. The number of carbonyl (C=O) groups is 2. The zero-order valence-electron chi connectivity index (χ0n) is 20.4. The zero-order valence-corrected chi connectivity index (χ0v) is 17.4. The van der Waals surface area contributed by atoms with Crippen LogP contribution < -0.4 is 25.3 Å². The molecule has 15 heteroatoms. The van der Waals surface area contributed by atoms with E-state index >= 15 is 0 Å². The Morgan fingerprint density at radius 2 is 1.72 bits per heavy atom. The van der Waals surface area contributed by atoms with E-state index in [0.29, 0.717) is 24.4 Å². The minimum atomic E-state index is -5.17. The molecular formula is C21H14F6N4O5. The van der Waals surface area contributed by atoms with Gasteiger partial charge in [-0.3, -0.25) is 9.59 Å². The Morgan fingerprint density at radius 1 is 0.972 bits per heavy atom. The summed E-state index contributed by atoms with van der Waals surface area (Å²) in [6.07, 6.45) is -8.79. The molecule has 0 bridgehead atoms. The van der Waals surface area contributed by atoms with Gasteiger partial charge in [-0.05, 0) is 30.3 Å². The summed E-state index contributed by atoms with van der Waals surface area (Å²) in [5, 5.41) is 2.25. The fourth-order valence-electron chi connectivity index (χ4n) is 2.62. The van der Waals surface area contributed by atoms with Crippen LogP contribution >= 0.6 is 0 Å². The maximum atomic E-state index is 13.3. The van der Waals surface area contributed by atoms with Crippen LogP contribution in [0.3, 0.4) is 0 Å². The average Bonchev–Trinajstić information content (AvgIpc) is 2.78. The number of benzene rings is 1. The summed E-state index contributed by atoms with van der Waals surface area (Å²) >= 11 is 0. The number of primary amides is 1. The molecule has 2 amide bonds. The van der Waals surface area contributed by atoms with Gasteiger partial charge in [-0.25, -0.2) is 9.97 Å². The monoisotopic (exact) mass is 519 g/mol. The third kappa shape index (κ3) is 6.52. The highest BCUT2D eigenvalue weighted by Gasteiger charge is 2.34. The molecule has 3 N–H and O–H groups in total. The van der Waals surface area contributed by atoms with Crippen LogP contribution in [0.15, 0.2) is 48.8 Å². The predicted molar refractivity (Wildman–Crippen MR) is 110 cm³/mol. The van der Waals surface area contributed by atoms with Crippen LogP contribution in [0, 0.1) is 0 Å². The number of methoxy groups -OCH3 is 1. The number of aromatic nitrogens is 2. The Kier molecular flexibility index (Phi) is 6.08. The number of hydrogen-bond acceptors (Lipinski definition) is 7. The molecule has 9 nitrogen and oxygen atoms in total. The van der Waals surface area contributed by atoms with E-state index in [1.54, 1.807) is 0 Å². The standard InChI is InChI=1S/C21H14F6N4O5/c1-34-15-7-12(36-21(25,26)27)3-5-14(15)35-16-6-10(20(22,23)24)8-30-17(16)19(33)31-11-2-4-13(18(28)32)29-9-11/h2-9H,1H3,(H2,28,32)(H,31,33)/i1D3. The molecule has 2 heterocycles. The average molecular weight is 519 g/mol. The third-order valence-corrected chi connectivity index (χ3v) is 4.15. The largest absolute Gasteiger partial charge is 0.573 e. The number of pyridine rings is 2. The van der Waals surface area contributed by atoms with E-state index < -0.39 is 65.6 Å². The normalized spacial score (nSPS) is 13.1. The molecule has 0 radical (unpaired) electrons. The van der Waals surface area contributed by atoms with Crippen LogP contribution in [0.25, 0.3) is 0 Å². The lowest BCUT2D eigenvalue weighted by molar-refractivity contribution is -0.274. The first-order chi connectivity index (χ1) is 17.9. The van der Waals surface area contributed by atoms with Crippen molar-refractivity contribution in [1.82, 2.24) is 9.97 Å². The van der Waals surface area contributed by atoms with Crippen molar-refractivity contribution in [1.29, 1.82) is 0 Å². The highest BCUT2D eigenvalue weighted by molar-refractivity contribution is 6.05. The number of anilines is 1. The number of nitrogens with one attached hydrogen (secondary N) is 1. The summed E-state index contributed by atoms with van der Waals surface area (Å²) in [6.45, 7) is 0. The van der Waals surface area contributed by atoms with Crippen LogP contribution in [0.2, 0.25) is 0 Å². The van der Waals surface area contributed by atoms with E-state index in [9.17, 15) is 35.9 Å². The molecule has 190 valence electrons. The van der Waals surface area contributed by atoms with E-state index in [4.69, 9.17) is 14.6 Å². The number of ether oxygens (including phenoxy) is 3. The summed E-state index contributed by atoms with van der Waals surface area (Å²) in [5.41, 5.74) is 2.76. The second-order valence-electron chi connectivity index (χ2n) is 6.68. The molecule has 0 aliphatic rings. The summed E-state index contributed by atoms with van der Waals surface area (Å²) in [6, 6.07) is 4.58. The Hall–Kier alpha value is -4.56. The van der Waals surface area contributed by atoms with Gasteiger partial charge in [0, 0.05) is 12.3 Å². The van der Waals surface area contributed by atoms with Crippen LogP contribution in [0.5, 0.6) is 23.0 Å². The molecule has 0 atom stereocenters. The molecule has 0 saturated heterocycles. The minimum Gasteiger partial charge on any atom is -0.493 e. The molecule has 2 aromatic heterocycles. The SMILES string of the molecule is [2H]C([2H])([2H])Oc1cc(OC(F)(F)F)ccc1Oc1cc(C(F)(F)F)cnc1C(=O)Nc1ccc(C(N)=O)nc1. The maximum Gasteiger partial charge on any atom is 0.573 e. The van der Waals surface area contributed by atoms with E-state index in [2.05, 4.69) is 24.8 Å². The zero-order chi connectivity index (χ0) is 29.2. The topological polar surface area (TPSA) is 126 Å². The van der Waals surface area contributed by atoms with E-state index in [0.717, 1.165) is 18.3 Å². The first kappa shape index (κ1) is 21.9. The van der Waals surface area contributed by atoms with Crippen molar-refractivity contribution in [3.63, 3.8) is 0 Å². The lowest BCUT2D eigenvalue weighted by Gasteiger charge is -2.16. The van der Waals surface area contributed by atoms with Gasteiger partial charge < -0.3 is 25.3 Å². The molecule has 0 aliphatic heterocycles. The number of halogens is 6. The molecule has 0 spiro atoms. The third-order valence-electron chi connectivity index (χ3n) is 4.15. The summed E-state index contributed by atoms with van der Waals surface area (Å²) in [7, 11) is -3.23. The maximum absolute atomic E-state index is 13.3. The van der Waals surface area contributed by atoms with Gasteiger partial charge in [0.15, 0.2) is 22.9 Å². The number of rotatable bonds is 7. The minimum absolute atomic E-state index is 0.0299. The van der Waals surface area contributed by atoms with E-state index in [-0.39, 0.29) is 11.4 Å². The summed E-state index contributed by atoms with van der Waals surface area (Å²) < 4.78 is 113. The van der Waals surface area contributed by atoms with Gasteiger partial charge in [-0.1, -0.05) is 0 Å². The first-order valence-electron chi connectivity index (χ1n) is 10.8. The van der Waals surface area contributed by atoms with Crippen molar-refractivity contribution in [2.24, 2.45) is 5.73 Å². The number of carbonyl (C=O) groups excluding carboxylic acids is 2. The van der Waals surface area contributed by atoms with Gasteiger partial charge in [0.05, 0.1) is 28.6 Å². The Bertz CT molecular complexity index is 1380. The highest BCUT2D eigenvalue weighted by Crippen LogP contribution is 2.39. The van der Waals surface area contributed by atoms with Crippen molar-refractivity contribution in [2.45, 2.75) is 12.5 Å². The Morgan fingerprint density at radius 3 is 2.31 bits per heavy atom. The predicted octanol–water partition coefficient (Wildman–Crippen LogP) is 4.55. The van der Waals surface area contributed by atoms with E-state index in [1.807, 2.05) is 0 Å². The molecule has 3 rings (SSSR count). The van der Waals surface area contributed by atoms with Crippen LogP contribution in [-0.2, 0) is 6.18 Å². The second-order valence-corrected chi connectivity index (χ2v) is 6.68. The van der Waals surface area contributed by atoms with Crippen molar-refractivity contribution in [3.8, 4) is 23.0 Å². The second kappa shape index (κ2) is 9.97. The highest BCUT2D eigenvalue weighted by atomic mass is 19.4. The molecule has 0 aliphatic carbocycles. The fourth-order valence-corrected chi connectivity index (χ4v) is 2.62. The Labute approximate surface area is 202 Å². The lowest BCUT2D eigenvalue weighted by Crippen LogP contribution is -2.18. The molecule has 1 aromatic carbocycles. The van der Waals surface area contributed by atoms with E-state index in [1.165, 1.54) is 6.07 Å². The van der Waals surface area contributed by atoms with Gasteiger partial charge in [0.25, 0.3) is 11.8 Å². The van der Waals surface area contributed by atoms with Crippen molar-refractivity contribution < 1.29 is 54.3 Å². The smallest absolute Gasteiger partial charge is 0.493 e. The summed E-state index contributed by atoms with van der Waals surface area (Å²) in [4.78, 5) is 31.1. The molecule has 0 unspecified atom stereocenters. The molecule has 36 heavy (non-hydrogen) atoms. The first-order valence-corrected chi connectivity index (χ1v) is 9.32. The van der Waals surface area contributed by atoms with Gasteiger partial charge in [0.1, 0.15) is 11.4 Å². The van der Waals surface area contributed by atoms with Crippen LogP contribution in [0.1, 0.15) is 30.7 Å².